The molecule has 0 spiro atoms. The third-order valence-electron chi connectivity index (χ3n) is 9.03. The minimum atomic E-state index is -2.18. The SMILES string of the molecule is COC(=O)[C@H](N)Cc1c[nH]c2ccccc12.C[N+](=O)[O-].Cl.Cl.[2H]C1([2H])Oc2ccc(C=O)cc2O1.[2H]C1([2H])Oc2ccc([C@H]3N[C@@H](C(=O)OC)Cc4c3[nH]c3ccccc43)cc2O1. The van der Waals surface area contributed by atoms with Crippen molar-refractivity contribution in [3.63, 3.8) is 0 Å². The molecular weight excluding hydrogens is 809 g/mol. The molecule has 9 rings (SSSR count). The summed E-state index contributed by atoms with van der Waals surface area (Å²) in [7, 11) is 3.61. The largest absolute Gasteiger partial charge is 0.468 e. The second-order valence-corrected chi connectivity index (χ2v) is 12.7. The molecule has 0 saturated heterocycles. The fourth-order valence-electron chi connectivity index (χ4n) is 6.41. The number of nitro groups is 1. The van der Waals surface area contributed by atoms with Gasteiger partial charge in [-0.05, 0) is 59.2 Å². The van der Waals surface area contributed by atoms with Crippen LogP contribution in [0.3, 0.4) is 0 Å². The number of esters is 2. The van der Waals surface area contributed by atoms with E-state index in [0.29, 0.717) is 41.9 Å². The number of halogens is 2. The van der Waals surface area contributed by atoms with Crippen molar-refractivity contribution in [3.05, 3.63) is 129 Å². The zero-order chi connectivity index (χ0) is 44.1. The fourth-order valence-corrected chi connectivity index (χ4v) is 6.41. The van der Waals surface area contributed by atoms with Gasteiger partial charge in [0.2, 0.25) is 13.5 Å². The Balaban J connectivity index is 0.000000212. The van der Waals surface area contributed by atoms with Crippen molar-refractivity contribution in [3.8, 4) is 23.0 Å². The minimum absolute atomic E-state index is 0. The summed E-state index contributed by atoms with van der Waals surface area (Å²) >= 11 is 0. The van der Waals surface area contributed by atoms with E-state index in [1.54, 1.807) is 12.1 Å². The third-order valence-corrected chi connectivity index (χ3v) is 9.03. The molecule has 3 atom stereocenters. The molecule has 0 saturated carbocycles. The van der Waals surface area contributed by atoms with Crippen LogP contribution in [-0.2, 0) is 31.9 Å². The molecule has 59 heavy (non-hydrogen) atoms. The van der Waals surface area contributed by atoms with Crippen LogP contribution in [0.4, 0.5) is 0 Å². The first-order valence-electron chi connectivity index (χ1n) is 19.4. The van der Waals surface area contributed by atoms with Crippen LogP contribution in [0, 0.1) is 10.1 Å². The van der Waals surface area contributed by atoms with Crippen molar-refractivity contribution in [2.45, 2.75) is 31.0 Å². The van der Waals surface area contributed by atoms with Gasteiger partial charge >= 0.3 is 11.9 Å². The number of hydrogen-bond acceptors (Lipinski definition) is 13. The maximum Gasteiger partial charge on any atom is 0.323 e. The Morgan fingerprint density at radius 1 is 0.898 bits per heavy atom. The molecule has 6 aromatic rings. The Bertz CT molecular complexity index is 2590. The van der Waals surface area contributed by atoms with Crippen LogP contribution in [-0.4, -0.2) is 80.0 Å². The summed E-state index contributed by atoms with van der Waals surface area (Å²) in [4.78, 5) is 48.8. The van der Waals surface area contributed by atoms with Gasteiger partial charge in [-0.15, -0.1) is 24.8 Å². The number of para-hydroxylation sites is 2. The van der Waals surface area contributed by atoms with Gasteiger partial charge in [0.25, 0.3) is 0 Å². The smallest absolute Gasteiger partial charge is 0.323 e. The summed E-state index contributed by atoms with van der Waals surface area (Å²) in [6.07, 6.45) is 3.55. The van der Waals surface area contributed by atoms with E-state index in [-0.39, 0.29) is 48.5 Å². The number of aldehydes is 1. The van der Waals surface area contributed by atoms with Crippen LogP contribution in [0.25, 0.3) is 21.8 Å². The molecule has 16 nitrogen and oxygen atoms in total. The highest BCUT2D eigenvalue weighted by atomic mass is 35.5. The van der Waals surface area contributed by atoms with Crippen molar-refractivity contribution in [1.29, 1.82) is 0 Å². The lowest BCUT2D eigenvalue weighted by atomic mass is 9.90. The topological polar surface area (TPSA) is 219 Å². The summed E-state index contributed by atoms with van der Waals surface area (Å²) in [5.41, 5.74) is 12.1. The molecule has 0 aliphatic carbocycles. The summed E-state index contributed by atoms with van der Waals surface area (Å²) < 4.78 is 59.1. The first-order chi connectivity index (χ1) is 29.0. The molecule has 5 heterocycles. The highest BCUT2D eigenvalue weighted by Gasteiger charge is 2.35. The summed E-state index contributed by atoms with van der Waals surface area (Å²) in [6, 6.07) is 24.2. The molecule has 3 aliphatic rings. The number of methoxy groups -OCH3 is 2. The van der Waals surface area contributed by atoms with E-state index in [4.69, 9.17) is 45.0 Å². The quantitative estimate of drug-likeness (QED) is 0.0670. The number of benzene rings is 4. The van der Waals surface area contributed by atoms with Crippen LogP contribution >= 0.6 is 24.8 Å². The number of nitrogens with zero attached hydrogens (tertiary/aromatic N) is 1. The molecule has 0 amide bonds. The first kappa shape index (κ1) is 39.5. The molecule has 0 unspecified atom stereocenters. The van der Waals surface area contributed by atoms with Crippen molar-refractivity contribution in [1.82, 2.24) is 15.3 Å². The summed E-state index contributed by atoms with van der Waals surface area (Å²) in [6.45, 7) is -4.30. The van der Waals surface area contributed by atoms with Gasteiger partial charge in [0.15, 0.2) is 30.0 Å². The van der Waals surface area contributed by atoms with E-state index in [1.165, 1.54) is 32.4 Å². The summed E-state index contributed by atoms with van der Waals surface area (Å²) in [5.74, 6) is 0.557. The zero-order valence-corrected chi connectivity index (χ0v) is 33.3. The number of carbonyl (C=O) groups excluding carboxylic acids is 3. The number of hydrogen-bond donors (Lipinski definition) is 4. The van der Waals surface area contributed by atoms with Crippen LogP contribution in [0.5, 0.6) is 23.0 Å². The normalized spacial score (nSPS) is 18.2. The van der Waals surface area contributed by atoms with Gasteiger partial charge in [-0.1, -0.05) is 42.5 Å². The van der Waals surface area contributed by atoms with Crippen LogP contribution in [0.1, 0.15) is 44.3 Å². The van der Waals surface area contributed by atoms with Gasteiger partial charge < -0.3 is 44.1 Å². The number of ether oxygens (including phenoxy) is 6. The lowest BCUT2D eigenvalue weighted by molar-refractivity contribution is -0.445. The number of H-pyrrole nitrogens is 2. The van der Waals surface area contributed by atoms with E-state index < -0.39 is 30.5 Å². The molecule has 3 aliphatic heterocycles. The maximum atomic E-state index is 12.3. The number of nitrogens with one attached hydrogen (secondary N) is 3. The number of rotatable bonds is 6. The Morgan fingerprint density at radius 3 is 2.14 bits per heavy atom. The second-order valence-electron chi connectivity index (χ2n) is 12.7. The van der Waals surface area contributed by atoms with E-state index in [0.717, 1.165) is 51.2 Å². The number of aromatic amines is 2. The van der Waals surface area contributed by atoms with Gasteiger partial charge in [0.05, 0.1) is 20.3 Å². The number of aromatic nitrogens is 2. The zero-order valence-electron chi connectivity index (χ0n) is 35.7. The predicted molar refractivity (Wildman–Crippen MR) is 223 cm³/mol. The van der Waals surface area contributed by atoms with E-state index >= 15 is 0 Å². The number of nitrogens with two attached hydrogens (primary N) is 1. The van der Waals surface area contributed by atoms with Crippen LogP contribution in [0.2, 0.25) is 0 Å². The van der Waals surface area contributed by atoms with Gasteiger partial charge in [-0.3, -0.25) is 29.8 Å². The Labute approximate surface area is 356 Å². The standard InChI is InChI=1S/C20H18N2O4.C12H14N2O2.C8H6O3.CH3NO2.2ClH/c1-24-20(23)15-9-13-12-4-2-3-5-14(12)21-19(13)18(22-15)11-6-7-16-17(8-11)26-10-25-16;1-16-12(15)10(13)6-8-7-14-11-5-3-2-4-9(8)11;9-4-6-1-2-7-8(3-6)11-5-10-7;1-2(3)4;;/h2-8,15,18,21-22H,9-10H2,1H3;2-5,7,10,14H,6,13H2,1H3;1-4H,5H2;1H3;2*1H/t15-,18-;10-;;;;/m11..../s1/i10D2;;5D2;;;. The van der Waals surface area contributed by atoms with Crippen LogP contribution in [0.15, 0.2) is 91.1 Å². The van der Waals surface area contributed by atoms with Crippen molar-refractivity contribution >= 4 is 64.8 Å². The summed E-state index contributed by atoms with van der Waals surface area (Å²) in [5, 5.41) is 14.3. The monoisotopic (exact) mass is 855 g/mol. The van der Waals surface area contributed by atoms with Crippen LogP contribution < -0.4 is 30.0 Å². The maximum absolute atomic E-state index is 12.3. The lowest BCUT2D eigenvalue weighted by Crippen LogP contribution is -2.45. The highest BCUT2D eigenvalue weighted by Crippen LogP contribution is 2.40. The molecule has 4 aromatic carbocycles. The highest BCUT2D eigenvalue weighted by molar-refractivity contribution is 5.88. The van der Waals surface area contributed by atoms with E-state index in [9.17, 15) is 14.4 Å². The molecule has 5 N–H and O–H groups in total. The average Bonchev–Trinajstić information content (AvgIpc) is 3.98. The van der Waals surface area contributed by atoms with Gasteiger partial charge in [0, 0.05) is 57.0 Å². The Hall–Kier alpha value is -6.33. The third kappa shape index (κ3) is 10.8. The minimum Gasteiger partial charge on any atom is -0.468 e. The molecule has 0 radical (unpaired) electrons. The molecule has 18 heteroatoms. The fraction of sp³-hybridized carbons (Fsp3) is 0.244. The predicted octanol–water partition coefficient (Wildman–Crippen LogP) is 5.85. The van der Waals surface area contributed by atoms with Gasteiger partial charge in [-0.25, -0.2) is 0 Å². The molecular formula is C41H43Cl2N5O11. The molecule has 312 valence electrons. The molecule has 0 bridgehead atoms. The van der Waals surface area contributed by atoms with Gasteiger partial charge in [-0.2, -0.15) is 0 Å². The first-order valence-corrected chi connectivity index (χ1v) is 17.4. The number of carbonyl (C=O) groups is 3. The second kappa shape index (κ2) is 20.9. The Morgan fingerprint density at radius 2 is 1.49 bits per heavy atom. The van der Waals surface area contributed by atoms with E-state index in [1.807, 2.05) is 60.8 Å². The van der Waals surface area contributed by atoms with E-state index in [2.05, 4.69) is 20.0 Å². The van der Waals surface area contributed by atoms with Crippen molar-refractivity contribution < 1.29 is 53.2 Å². The van der Waals surface area contributed by atoms with Gasteiger partial charge in [0.1, 0.15) is 23.9 Å². The lowest BCUT2D eigenvalue weighted by Gasteiger charge is -2.30. The van der Waals surface area contributed by atoms with Crippen molar-refractivity contribution in [2.24, 2.45) is 5.73 Å². The Kier molecular flexibility index (Phi) is 14.0. The van der Waals surface area contributed by atoms with Crippen molar-refractivity contribution in [2.75, 3.05) is 34.8 Å². The molecule has 0 fully saturated rings. The number of fused-ring (bicyclic) bond motifs is 6. The average molecular weight is 857 g/mol. The molecule has 2 aromatic heterocycles.